The summed E-state index contributed by atoms with van der Waals surface area (Å²) >= 11 is 0. The topological polar surface area (TPSA) is 79.9 Å². The van der Waals surface area contributed by atoms with Crippen molar-refractivity contribution in [3.8, 4) is 5.75 Å². The molecule has 0 fully saturated rings. The van der Waals surface area contributed by atoms with Gasteiger partial charge in [-0.05, 0) is 6.07 Å². The maximum atomic E-state index is 9.64. The van der Waals surface area contributed by atoms with Crippen LogP contribution in [0.25, 0.3) is 0 Å². The Labute approximate surface area is 81.1 Å². The number of nitrogens with zero attached hydrogens (tertiary/aromatic N) is 2. The summed E-state index contributed by atoms with van der Waals surface area (Å²) in [6, 6.07) is 3.07. The van der Waals surface area contributed by atoms with Gasteiger partial charge in [-0.15, -0.1) is 0 Å². The van der Waals surface area contributed by atoms with Crippen LogP contribution in [-0.4, -0.2) is 23.8 Å². The lowest BCUT2D eigenvalue weighted by molar-refractivity contribution is 0.195. The van der Waals surface area contributed by atoms with Gasteiger partial charge in [0.25, 0.3) is 0 Å². The van der Waals surface area contributed by atoms with Crippen LogP contribution in [0.15, 0.2) is 17.2 Å². The molecule has 5 nitrogen and oxygen atoms in total. The summed E-state index contributed by atoms with van der Waals surface area (Å²) in [4.78, 5) is 1.85. The minimum atomic E-state index is -0.559. The number of hydrogen-bond acceptors (Lipinski definition) is 5. The molecule has 1 aromatic carbocycles. The van der Waals surface area contributed by atoms with E-state index in [-0.39, 0.29) is 11.4 Å². The van der Waals surface area contributed by atoms with E-state index >= 15 is 0 Å². The molecule has 1 aromatic rings. The predicted molar refractivity (Wildman–Crippen MR) is 51.1 cm³/mol. The van der Waals surface area contributed by atoms with Gasteiger partial charge in [-0.3, -0.25) is 0 Å². The van der Waals surface area contributed by atoms with E-state index in [2.05, 4.69) is 5.11 Å². The average Bonchev–Trinajstić information content (AvgIpc) is 2.41. The van der Waals surface area contributed by atoms with Crippen LogP contribution in [0.5, 0.6) is 5.75 Å². The number of phenols is 1. The van der Waals surface area contributed by atoms with Crippen LogP contribution in [0, 0.1) is 5.53 Å². The lowest BCUT2D eigenvalue weighted by Crippen LogP contribution is -2.14. The average molecular weight is 193 g/mol. The molecule has 1 aliphatic heterocycles. The molecule has 2 rings (SSSR count). The van der Waals surface area contributed by atoms with Gasteiger partial charge in [-0.1, -0.05) is 0 Å². The van der Waals surface area contributed by atoms with Crippen molar-refractivity contribution >= 4 is 11.4 Å². The molecule has 1 aliphatic rings. The number of nitrogens with one attached hydrogen (secondary N) is 1. The molecule has 1 unspecified atom stereocenters. The largest absolute Gasteiger partial charge is 0.506 e. The maximum absolute atomic E-state index is 9.64. The first-order chi connectivity index (χ1) is 6.63. The second-order valence-electron chi connectivity index (χ2n) is 3.41. The number of likely N-dealkylation sites (N-methyl/N-ethyl adjacent to an activating group) is 1. The van der Waals surface area contributed by atoms with E-state index in [4.69, 9.17) is 5.53 Å². The summed E-state index contributed by atoms with van der Waals surface area (Å²) in [5.41, 5.74) is 8.54. The minimum Gasteiger partial charge on any atom is -0.506 e. The summed E-state index contributed by atoms with van der Waals surface area (Å²) in [5, 5.41) is 22.3. The molecule has 0 radical (unpaired) electrons. The molecule has 3 N–H and O–H groups in total. The number of β-amino-alcohol motifs (C(OH)–C–C–N with tert-alkyl or cyclic N) is 1. The van der Waals surface area contributed by atoms with Crippen molar-refractivity contribution in [2.24, 2.45) is 5.11 Å². The summed E-state index contributed by atoms with van der Waals surface area (Å²) in [6.45, 7) is 0.510. The van der Waals surface area contributed by atoms with Crippen LogP contribution >= 0.6 is 0 Å². The summed E-state index contributed by atoms with van der Waals surface area (Å²) in [5.74, 6) is -0.0281. The van der Waals surface area contributed by atoms with Crippen molar-refractivity contribution in [3.63, 3.8) is 0 Å². The lowest BCUT2D eigenvalue weighted by Gasteiger charge is -2.11. The van der Waals surface area contributed by atoms with Gasteiger partial charge in [0, 0.05) is 30.9 Å². The smallest absolute Gasteiger partial charge is 0.145 e. The fourth-order valence-electron chi connectivity index (χ4n) is 1.73. The Balaban J connectivity index is 2.59. The predicted octanol–water partition coefficient (Wildman–Crippen LogP) is 1.54. The highest BCUT2D eigenvalue weighted by atomic mass is 16.3. The van der Waals surface area contributed by atoms with Crippen LogP contribution in [0.2, 0.25) is 0 Å². The van der Waals surface area contributed by atoms with E-state index in [1.807, 2.05) is 11.9 Å². The highest BCUT2D eigenvalue weighted by molar-refractivity contribution is 5.68. The fourth-order valence-corrected chi connectivity index (χ4v) is 1.73. The fraction of sp³-hybridized carbons (Fsp3) is 0.333. The van der Waals surface area contributed by atoms with Crippen molar-refractivity contribution in [3.05, 3.63) is 17.7 Å². The number of phenolic OH excluding ortho intramolecular Hbond substituents is 1. The molecule has 0 bridgehead atoms. The van der Waals surface area contributed by atoms with Gasteiger partial charge in [0.15, 0.2) is 0 Å². The van der Waals surface area contributed by atoms with Crippen molar-refractivity contribution in [2.45, 2.75) is 6.10 Å². The van der Waals surface area contributed by atoms with Crippen molar-refractivity contribution in [2.75, 3.05) is 18.5 Å². The van der Waals surface area contributed by atoms with Crippen molar-refractivity contribution < 1.29 is 10.2 Å². The molecule has 0 spiro atoms. The number of fused-ring (bicyclic) bond motifs is 1. The van der Waals surface area contributed by atoms with E-state index in [1.54, 1.807) is 6.07 Å². The second-order valence-corrected chi connectivity index (χ2v) is 3.41. The zero-order valence-electron chi connectivity index (χ0n) is 7.73. The third-order valence-corrected chi connectivity index (χ3v) is 2.46. The number of hydrogen-bond donors (Lipinski definition) is 3. The highest BCUT2D eigenvalue weighted by Gasteiger charge is 2.26. The van der Waals surface area contributed by atoms with E-state index in [9.17, 15) is 10.2 Å². The SMILES string of the molecule is CN1CC(O)c2cc(N=N)c(O)cc21. The van der Waals surface area contributed by atoms with Gasteiger partial charge >= 0.3 is 0 Å². The molecule has 0 saturated heterocycles. The third-order valence-electron chi connectivity index (χ3n) is 2.46. The van der Waals surface area contributed by atoms with Gasteiger partial charge in [0.1, 0.15) is 11.4 Å². The Morgan fingerprint density at radius 1 is 1.57 bits per heavy atom. The molecule has 1 heterocycles. The highest BCUT2D eigenvalue weighted by Crippen LogP contribution is 2.41. The summed E-state index contributed by atoms with van der Waals surface area (Å²) in [6.07, 6.45) is -0.559. The first kappa shape index (κ1) is 8.96. The molecule has 0 saturated carbocycles. The zero-order chi connectivity index (χ0) is 10.3. The molecule has 74 valence electrons. The van der Waals surface area contributed by atoms with Crippen LogP contribution in [0.3, 0.4) is 0 Å². The van der Waals surface area contributed by atoms with Crippen molar-refractivity contribution in [1.29, 1.82) is 5.53 Å². The minimum absolute atomic E-state index is 0.0281. The van der Waals surface area contributed by atoms with Crippen LogP contribution in [0.4, 0.5) is 11.4 Å². The molecule has 14 heavy (non-hydrogen) atoms. The van der Waals surface area contributed by atoms with Gasteiger partial charge in [0.05, 0.1) is 6.10 Å². The third kappa shape index (κ3) is 1.13. The molecule has 5 heteroatoms. The normalized spacial score (nSPS) is 19.6. The van der Waals surface area contributed by atoms with Crippen LogP contribution in [-0.2, 0) is 0 Å². The number of aliphatic hydroxyl groups is 1. The Morgan fingerprint density at radius 3 is 2.93 bits per heavy atom. The quantitative estimate of drug-likeness (QED) is 0.592. The molecule has 0 aliphatic carbocycles. The van der Waals surface area contributed by atoms with Gasteiger partial charge in [-0.25, -0.2) is 5.53 Å². The van der Waals surface area contributed by atoms with Crippen LogP contribution < -0.4 is 4.90 Å². The second kappa shape index (κ2) is 2.95. The number of aliphatic hydroxyl groups excluding tert-OH is 1. The molecule has 0 aromatic heterocycles. The molecular weight excluding hydrogens is 182 g/mol. The van der Waals surface area contributed by atoms with Gasteiger partial charge < -0.3 is 15.1 Å². The van der Waals surface area contributed by atoms with Crippen LogP contribution in [0.1, 0.15) is 11.7 Å². The van der Waals surface area contributed by atoms with E-state index in [0.29, 0.717) is 6.54 Å². The molecular formula is C9H11N3O2. The number of rotatable bonds is 1. The van der Waals surface area contributed by atoms with E-state index < -0.39 is 6.10 Å². The first-order valence-electron chi connectivity index (χ1n) is 4.27. The van der Waals surface area contributed by atoms with Gasteiger partial charge in [0.2, 0.25) is 0 Å². The monoisotopic (exact) mass is 193 g/mol. The summed E-state index contributed by atoms with van der Waals surface area (Å²) in [7, 11) is 1.84. The summed E-state index contributed by atoms with van der Waals surface area (Å²) < 4.78 is 0. The standard InChI is InChI=1S/C9H11N3O2/c1-12-4-9(14)5-2-6(11-10)8(13)3-7(5)12/h2-3,9-10,13-14H,4H2,1H3. The molecule has 1 atom stereocenters. The molecule has 0 amide bonds. The van der Waals surface area contributed by atoms with E-state index in [0.717, 1.165) is 11.3 Å². The lowest BCUT2D eigenvalue weighted by atomic mass is 10.1. The van der Waals surface area contributed by atoms with Crippen molar-refractivity contribution in [1.82, 2.24) is 0 Å². The Hall–Kier alpha value is -1.62. The zero-order valence-corrected chi connectivity index (χ0v) is 7.73. The number of aromatic hydroxyl groups is 1. The maximum Gasteiger partial charge on any atom is 0.145 e. The number of anilines is 1. The Morgan fingerprint density at radius 2 is 2.29 bits per heavy atom. The number of benzene rings is 1. The van der Waals surface area contributed by atoms with E-state index in [1.165, 1.54) is 6.07 Å². The van der Waals surface area contributed by atoms with Gasteiger partial charge in [-0.2, -0.15) is 5.11 Å². The first-order valence-corrected chi connectivity index (χ1v) is 4.27. The Kier molecular flexibility index (Phi) is 1.89. The Bertz CT molecular complexity index is 392.